The van der Waals surface area contributed by atoms with E-state index in [-0.39, 0.29) is 5.82 Å². The molecule has 1 aromatic heterocycles. The normalized spacial score (nSPS) is 19.4. The van der Waals surface area contributed by atoms with Crippen LogP contribution in [0.4, 0.5) is 4.39 Å². The molecule has 0 fully saturated rings. The molecule has 0 saturated heterocycles. The third-order valence-electron chi connectivity index (χ3n) is 2.66. The van der Waals surface area contributed by atoms with Crippen LogP contribution in [0.3, 0.4) is 0 Å². The fraction of sp³-hybridized carbons (Fsp3) is 0.273. The molecule has 16 heavy (non-hydrogen) atoms. The van der Waals surface area contributed by atoms with Crippen LogP contribution in [0.5, 0.6) is 0 Å². The molecule has 1 aliphatic rings. The summed E-state index contributed by atoms with van der Waals surface area (Å²) in [5, 5.41) is 4.07. The Morgan fingerprint density at radius 2 is 2.25 bits per heavy atom. The highest BCUT2D eigenvalue weighted by Gasteiger charge is 2.26. The summed E-state index contributed by atoms with van der Waals surface area (Å²) >= 11 is 0. The molecule has 0 radical (unpaired) electrons. The van der Waals surface area contributed by atoms with Gasteiger partial charge in [-0.2, -0.15) is 5.10 Å². The minimum atomic E-state index is -0.447. The number of nitrogens with zero attached hydrogens (tertiary/aromatic N) is 3. The molecule has 0 spiro atoms. The molecule has 1 aromatic carbocycles. The van der Waals surface area contributed by atoms with Crippen molar-refractivity contribution in [3.63, 3.8) is 0 Å². The lowest BCUT2D eigenvalue weighted by molar-refractivity contribution is 0.0369. The van der Waals surface area contributed by atoms with Gasteiger partial charge >= 0.3 is 0 Å². The summed E-state index contributed by atoms with van der Waals surface area (Å²) in [5.41, 5.74) is 0.511. The highest BCUT2D eigenvalue weighted by Crippen LogP contribution is 2.28. The molecule has 0 bridgehead atoms. The van der Waals surface area contributed by atoms with Crippen LogP contribution in [0.2, 0.25) is 0 Å². The quantitative estimate of drug-likeness (QED) is 0.730. The summed E-state index contributed by atoms with van der Waals surface area (Å²) in [6.07, 6.45) is 1.02. The Bertz CT molecular complexity index is 511. The standard InChI is InChI=1S/C11H10FN3O/c12-9-4-2-1-3-8(9)10-11-13-7-14-15(11)5-6-16-10/h1-4,7,10H,5-6H2. The zero-order chi connectivity index (χ0) is 11.0. The van der Waals surface area contributed by atoms with Crippen LogP contribution < -0.4 is 0 Å². The number of ether oxygens (including phenoxy) is 1. The summed E-state index contributed by atoms with van der Waals surface area (Å²) in [4.78, 5) is 4.12. The minimum Gasteiger partial charge on any atom is -0.363 e. The number of halogens is 1. The van der Waals surface area contributed by atoms with E-state index >= 15 is 0 Å². The third kappa shape index (κ3) is 1.40. The predicted octanol–water partition coefficient (Wildman–Crippen LogP) is 1.54. The molecule has 0 N–H and O–H groups in total. The first-order chi connectivity index (χ1) is 7.86. The summed E-state index contributed by atoms with van der Waals surface area (Å²) in [7, 11) is 0. The van der Waals surface area contributed by atoms with Crippen molar-refractivity contribution in [2.75, 3.05) is 6.61 Å². The van der Waals surface area contributed by atoms with Crippen LogP contribution >= 0.6 is 0 Å². The highest BCUT2D eigenvalue weighted by molar-refractivity contribution is 5.25. The van der Waals surface area contributed by atoms with Crippen LogP contribution in [0, 0.1) is 5.82 Å². The van der Waals surface area contributed by atoms with E-state index in [0.29, 0.717) is 24.5 Å². The second kappa shape index (κ2) is 3.68. The average Bonchev–Trinajstić information content (AvgIpc) is 2.77. The first-order valence-corrected chi connectivity index (χ1v) is 5.10. The molecule has 5 heteroatoms. The van der Waals surface area contributed by atoms with Gasteiger partial charge in [0.05, 0.1) is 13.2 Å². The van der Waals surface area contributed by atoms with E-state index in [2.05, 4.69) is 10.1 Å². The summed E-state index contributed by atoms with van der Waals surface area (Å²) in [5.74, 6) is 0.389. The number of benzene rings is 1. The lowest BCUT2D eigenvalue weighted by Gasteiger charge is -2.23. The van der Waals surface area contributed by atoms with Crippen molar-refractivity contribution >= 4 is 0 Å². The first kappa shape index (κ1) is 9.47. The third-order valence-corrected chi connectivity index (χ3v) is 2.66. The van der Waals surface area contributed by atoms with Crippen LogP contribution in [0.15, 0.2) is 30.6 Å². The van der Waals surface area contributed by atoms with E-state index in [0.717, 1.165) is 0 Å². The largest absolute Gasteiger partial charge is 0.363 e. The van der Waals surface area contributed by atoms with Crippen molar-refractivity contribution in [1.82, 2.24) is 14.8 Å². The van der Waals surface area contributed by atoms with Crippen LogP contribution in [-0.2, 0) is 11.3 Å². The van der Waals surface area contributed by atoms with Crippen LogP contribution in [0.1, 0.15) is 17.5 Å². The highest BCUT2D eigenvalue weighted by atomic mass is 19.1. The molecule has 0 aliphatic carbocycles. The number of aromatic nitrogens is 3. The molecule has 1 aliphatic heterocycles. The van der Waals surface area contributed by atoms with Gasteiger partial charge in [0.25, 0.3) is 0 Å². The Labute approximate surface area is 91.7 Å². The Balaban J connectivity index is 2.08. The SMILES string of the molecule is Fc1ccccc1C1OCCn2ncnc21. The summed E-state index contributed by atoms with van der Waals surface area (Å²) in [6, 6.07) is 6.59. The van der Waals surface area contributed by atoms with Gasteiger partial charge in [-0.1, -0.05) is 18.2 Å². The monoisotopic (exact) mass is 219 g/mol. The molecular weight excluding hydrogens is 209 g/mol. The van der Waals surface area contributed by atoms with E-state index in [4.69, 9.17) is 4.74 Å². The van der Waals surface area contributed by atoms with Gasteiger partial charge < -0.3 is 4.74 Å². The van der Waals surface area contributed by atoms with Gasteiger partial charge in [-0.3, -0.25) is 0 Å². The first-order valence-electron chi connectivity index (χ1n) is 5.10. The molecular formula is C11H10FN3O. The second-order valence-corrected chi connectivity index (χ2v) is 3.61. The van der Waals surface area contributed by atoms with E-state index in [1.165, 1.54) is 12.4 Å². The van der Waals surface area contributed by atoms with Crippen LogP contribution in [0.25, 0.3) is 0 Å². The van der Waals surface area contributed by atoms with Crippen molar-refractivity contribution in [3.8, 4) is 0 Å². The topological polar surface area (TPSA) is 39.9 Å². The Kier molecular flexibility index (Phi) is 2.18. The lowest BCUT2D eigenvalue weighted by atomic mass is 10.1. The van der Waals surface area contributed by atoms with E-state index in [1.54, 1.807) is 22.9 Å². The number of fused-ring (bicyclic) bond motifs is 1. The molecule has 1 unspecified atom stereocenters. The number of hydrogen-bond donors (Lipinski definition) is 0. The molecule has 4 nitrogen and oxygen atoms in total. The van der Waals surface area contributed by atoms with E-state index in [1.807, 2.05) is 0 Å². The smallest absolute Gasteiger partial charge is 0.160 e. The zero-order valence-corrected chi connectivity index (χ0v) is 8.51. The van der Waals surface area contributed by atoms with Crippen molar-refractivity contribution in [2.45, 2.75) is 12.6 Å². The maximum Gasteiger partial charge on any atom is 0.160 e. The minimum absolute atomic E-state index is 0.274. The van der Waals surface area contributed by atoms with Gasteiger partial charge in [0.15, 0.2) is 5.82 Å². The van der Waals surface area contributed by atoms with Gasteiger partial charge in [0.1, 0.15) is 18.2 Å². The lowest BCUT2D eigenvalue weighted by Crippen LogP contribution is -2.24. The van der Waals surface area contributed by atoms with Crippen molar-refractivity contribution in [3.05, 3.63) is 47.8 Å². The number of rotatable bonds is 1. The fourth-order valence-electron chi connectivity index (χ4n) is 1.90. The van der Waals surface area contributed by atoms with Gasteiger partial charge in [-0.15, -0.1) is 0 Å². The number of hydrogen-bond acceptors (Lipinski definition) is 3. The Hall–Kier alpha value is -1.75. The van der Waals surface area contributed by atoms with Crippen molar-refractivity contribution < 1.29 is 9.13 Å². The van der Waals surface area contributed by atoms with Gasteiger partial charge in [-0.25, -0.2) is 14.1 Å². The molecule has 2 heterocycles. The molecule has 2 aromatic rings. The van der Waals surface area contributed by atoms with Crippen molar-refractivity contribution in [2.24, 2.45) is 0 Å². The Morgan fingerprint density at radius 3 is 3.12 bits per heavy atom. The molecule has 0 amide bonds. The van der Waals surface area contributed by atoms with E-state index < -0.39 is 6.10 Å². The van der Waals surface area contributed by atoms with Gasteiger partial charge in [0.2, 0.25) is 0 Å². The predicted molar refractivity (Wildman–Crippen MR) is 54.2 cm³/mol. The average molecular weight is 219 g/mol. The van der Waals surface area contributed by atoms with Gasteiger partial charge in [-0.05, 0) is 6.07 Å². The molecule has 0 saturated carbocycles. The summed E-state index contributed by atoms with van der Waals surface area (Å²) in [6.45, 7) is 1.19. The zero-order valence-electron chi connectivity index (χ0n) is 8.51. The van der Waals surface area contributed by atoms with E-state index in [9.17, 15) is 4.39 Å². The maximum atomic E-state index is 13.6. The molecule has 1 atom stereocenters. The molecule has 3 rings (SSSR count). The summed E-state index contributed by atoms with van der Waals surface area (Å²) < 4.78 is 21.0. The van der Waals surface area contributed by atoms with Crippen molar-refractivity contribution in [1.29, 1.82) is 0 Å². The van der Waals surface area contributed by atoms with Crippen LogP contribution in [-0.4, -0.2) is 21.4 Å². The van der Waals surface area contributed by atoms with Gasteiger partial charge in [0, 0.05) is 5.56 Å². The molecule has 82 valence electrons. The maximum absolute atomic E-state index is 13.6. The second-order valence-electron chi connectivity index (χ2n) is 3.61. The fourth-order valence-corrected chi connectivity index (χ4v) is 1.90. The Morgan fingerprint density at radius 1 is 1.38 bits per heavy atom.